The molecule has 0 amide bonds. The van der Waals surface area contributed by atoms with E-state index in [4.69, 9.17) is 4.99 Å². The van der Waals surface area contributed by atoms with E-state index in [1.54, 1.807) is 0 Å². The molecule has 2 aromatic rings. The molecule has 4 heterocycles. The Balaban J connectivity index is 1.43. The van der Waals surface area contributed by atoms with Crippen LogP contribution < -0.4 is 10.6 Å². The minimum absolute atomic E-state index is 0.275. The molecule has 164 valence electrons. The van der Waals surface area contributed by atoms with Gasteiger partial charge in [-0.2, -0.15) is 5.10 Å². The highest BCUT2D eigenvalue weighted by Crippen LogP contribution is 2.16. The number of aryl methyl sites for hydroxylation is 3. The maximum Gasteiger partial charge on any atom is 0.192 e. The zero-order chi connectivity index (χ0) is 21.1. The lowest BCUT2D eigenvalue weighted by molar-refractivity contribution is 0.266. The fraction of sp³-hybridized carbons (Fsp3) is 0.750. The molecule has 4 rings (SSSR count). The average molecular weight is 415 g/mol. The van der Waals surface area contributed by atoms with E-state index >= 15 is 0 Å². The molecule has 0 aliphatic carbocycles. The molecule has 2 aromatic heterocycles. The van der Waals surface area contributed by atoms with E-state index in [2.05, 4.69) is 42.7 Å². The first-order valence-electron chi connectivity index (χ1n) is 11.1. The smallest absolute Gasteiger partial charge is 0.192 e. The quantitative estimate of drug-likeness (QED) is 0.526. The molecule has 10 heteroatoms. The van der Waals surface area contributed by atoms with E-state index in [-0.39, 0.29) is 6.04 Å². The number of likely N-dealkylation sites (tertiary alicyclic amines) is 1. The normalized spacial score (nSPS) is 22.3. The lowest BCUT2D eigenvalue weighted by Crippen LogP contribution is -2.50. The summed E-state index contributed by atoms with van der Waals surface area (Å²) in [5, 5.41) is 20.1. The van der Waals surface area contributed by atoms with Crippen LogP contribution in [0.1, 0.15) is 49.5 Å². The first-order valence-corrected chi connectivity index (χ1v) is 11.1. The molecule has 0 saturated carbocycles. The van der Waals surface area contributed by atoms with Gasteiger partial charge in [-0.25, -0.2) is 14.7 Å². The Morgan fingerprint density at radius 2 is 2.10 bits per heavy atom. The Bertz CT molecular complexity index is 882. The van der Waals surface area contributed by atoms with Crippen molar-refractivity contribution in [3.8, 4) is 0 Å². The van der Waals surface area contributed by atoms with Gasteiger partial charge in [0.15, 0.2) is 11.8 Å². The predicted octanol–water partition coefficient (Wildman–Crippen LogP) is 0.558. The number of rotatable bonds is 6. The summed E-state index contributed by atoms with van der Waals surface area (Å²) < 4.78 is 4.01. The topological polar surface area (TPSA) is 101 Å². The second kappa shape index (κ2) is 9.11. The number of likely N-dealkylation sites (N-methyl/N-ethyl adjacent to an activating group) is 1. The number of hydrogen-bond acceptors (Lipinski definition) is 6. The third-order valence-corrected chi connectivity index (χ3v) is 6.28. The van der Waals surface area contributed by atoms with Crippen LogP contribution in [0.2, 0.25) is 0 Å². The van der Waals surface area contributed by atoms with E-state index in [1.165, 1.54) is 19.4 Å². The molecule has 0 radical (unpaired) electrons. The molecule has 10 nitrogen and oxygen atoms in total. The zero-order valence-electron chi connectivity index (χ0n) is 18.6. The summed E-state index contributed by atoms with van der Waals surface area (Å²) in [6, 6.07) is 0.840. The molecule has 2 aliphatic heterocycles. The molecular formula is C20H34N10. The van der Waals surface area contributed by atoms with E-state index < -0.39 is 0 Å². The van der Waals surface area contributed by atoms with Crippen LogP contribution in [0.4, 0.5) is 0 Å². The SMILES string of the molecule is CCN1CCCC1CNC(=NCc1nnc(C)n1C)NC1CCc2nc(C)nn2C1. The second-order valence-corrected chi connectivity index (χ2v) is 8.33. The third kappa shape index (κ3) is 4.63. The molecule has 30 heavy (non-hydrogen) atoms. The Morgan fingerprint density at radius 1 is 1.23 bits per heavy atom. The van der Waals surface area contributed by atoms with Gasteiger partial charge in [0.1, 0.15) is 24.0 Å². The summed E-state index contributed by atoms with van der Waals surface area (Å²) in [4.78, 5) is 11.9. The summed E-state index contributed by atoms with van der Waals surface area (Å²) in [7, 11) is 1.98. The fourth-order valence-electron chi connectivity index (χ4n) is 4.39. The highest BCUT2D eigenvalue weighted by atomic mass is 15.4. The molecule has 2 unspecified atom stereocenters. The van der Waals surface area contributed by atoms with Crippen LogP contribution in [0, 0.1) is 13.8 Å². The molecule has 0 aromatic carbocycles. The maximum atomic E-state index is 4.84. The average Bonchev–Trinajstić information content (AvgIpc) is 3.43. The van der Waals surface area contributed by atoms with Gasteiger partial charge < -0.3 is 15.2 Å². The highest BCUT2D eigenvalue weighted by Gasteiger charge is 2.25. The number of nitrogens with one attached hydrogen (secondary N) is 2. The predicted molar refractivity (Wildman–Crippen MR) is 115 cm³/mol. The van der Waals surface area contributed by atoms with Crippen molar-refractivity contribution in [3.63, 3.8) is 0 Å². The minimum Gasteiger partial charge on any atom is -0.355 e. The van der Waals surface area contributed by atoms with Gasteiger partial charge in [-0.1, -0.05) is 6.92 Å². The first-order chi connectivity index (χ1) is 14.5. The number of hydrogen-bond donors (Lipinski definition) is 2. The van der Waals surface area contributed by atoms with Crippen molar-refractivity contribution in [1.29, 1.82) is 0 Å². The summed E-state index contributed by atoms with van der Waals surface area (Å²) in [5.74, 6) is 4.52. The number of nitrogens with zero attached hydrogens (tertiary/aromatic N) is 8. The summed E-state index contributed by atoms with van der Waals surface area (Å²) >= 11 is 0. The van der Waals surface area contributed by atoms with Gasteiger partial charge in [-0.15, -0.1) is 10.2 Å². The van der Waals surface area contributed by atoms with Gasteiger partial charge in [0.25, 0.3) is 0 Å². The molecule has 2 aliphatic rings. The first kappa shape index (κ1) is 20.8. The molecule has 0 spiro atoms. The zero-order valence-corrected chi connectivity index (χ0v) is 18.6. The third-order valence-electron chi connectivity index (χ3n) is 6.28. The number of aliphatic imine (C=N–C) groups is 1. The largest absolute Gasteiger partial charge is 0.355 e. The van der Waals surface area contributed by atoms with Crippen molar-refractivity contribution in [2.75, 3.05) is 19.6 Å². The van der Waals surface area contributed by atoms with Gasteiger partial charge in [0.2, 0.25) is 0 Å². The van der Waals surface area contributed by atoms with Crippen molar-refractivity contribution >= 4 is 5.96 Å². The fourth-order valence-corrected chi connectivity index (χ4v) is 4.39. The monoisotopic (exact) mass is 414 g/mol. The summed E-state index contributed by atoms with van der Waals surface area (Å²) in [6.45, 7) is 10.6. The van der Waals surface area contributed by atoms with Crippen LogP contribution in [-0.4, -0.2) is 72.1 Å². The summed E-state index contributed by atoms with van der Waals surface area (Å²) in [5.41, 5.74) is 0. The van der Waals surface area contributed by atoms with Gasteiger partial charge in [-0.05, 0) is 46.2 Å². The molecule has 2 N–H and O–H groups in total. The maximum absolute atomic E-state index is 4.84. The number of fused-ring (bicyclic) bond motifs is 1. The molecular weight excluding hydrogens is 380 g/mol. The lowest BCUT2D eigenvalue weighted by Gasteiger charge is -2.27. The molecule has 2 atom stereocenters. The van der Waals surface area contributed by atoms with Crippen LogP contribution in [0.25, 0.3) is 0 Å². The van der Waals surface area contributed by atoms with Crippen LogP contribution in [0.15, 0.2) is 4.99 Å². The highest BCUT2D eigenvalue weighted by molar-refractivity contribution is 5.80. The van der Waals surface area contributed by atoms with E-state index in [0.29, 0.717) is 12.6 Å². The van der Waals surface area contributed by atoms with Crippen molar-refractivity contribution in [3.05, 3.63) is 23.3 Å². The van der Waals surface area contributed by atoms with Gasteiger partial charge in [0.05, 0.1) is 6.54 Å². The Morgan fingerprint density at radius 3 is 2.87 bits per heavy atom. The van der Waals surface area contributed by atoms with Crippen molar-refractivity contribution in [2.24, 2.45) is 12.0 Å². The summed E-state index contributed by atoms with van der Waals surface area (Å²) in [6.07, 6.45) is 4.46. The number of aromatic nitrogens is 6. The van der Waals surface area contributed by atoms with Crippen molar-refractivity contribution in [2.45, 2.75) is 71.6 Å². The van der Waals surface area contributed by atoms with Crippen LogP contribution in [0.5, 0.6) is 0 Å². The van der Waals surface area contributed by atoms with Crippen molar-refractivity contribution in [1.82, 2.24) is 45.1 Å². The van der Waals surface area contributed by atoms with Crippen LogP contribution in [-0.2, 0) is 26.6 Å². The number of guanidine groups is 1. The molecule has 1 fully saturated rings. The van der Waals surface area contributed by atoms with Crippen molar-refractivity contribution < 1.29 is 0 Å². The minimum atomic E-state index is 0.275. The Kier molecular flexibility index (Phi) is 6.31. The van der Waals surface area contributed by atoms with Crippen LogP contribution in [0.3, 0.4) is 0 Å². The lowest BCUT2D eigenvalue weighted by atomic mass is 10.1. The molecule has 1 saturated heterocycles. The van der Waals surface area contributed by atoms with Gasteiger partial charge in [0, 0.05) is 32.1 Å². The standard InChI is InChI=1S/C20H34N10/c1-5-29-10-6-7-17(29)11-21-20(22-12-19-26-25-15(3)28(19)4)24-16-8-9-18-23-14(2)27-30(18)13-16/h16-17H,5-13H2,1-4H3,(H2,21,22,24). The second-order valence-electron chi connectivity index (χ2n) is 8.33. The Labute approximate surface area is 178 Å². The van der Waals surface area contributed by atoms with Gasteiger partial charge in [-0.3, -0.25) is 4.90 Å². The van der Waals surface area contributed by atoms with E-state index in [0.717, 1.165) is 61.7 Å². The van der Waals surface area contributed by atoms with Gasteiger partial charge >= 0.3 is 0 Å². The Hall–Kier alpha value is -2.49. The van der Waals surface area contributed by atoms with E-state index in [1.807, 2.05) is 30.1 Å². The van der Waals surface area contributed by atoms with Crippen LogP contribution >= 0.6 is 0 Å². The molecule has 0 bridgehead atoms. The van der Waals surface area contributed by atoms with E-state index in [9.17, 15) is 0 Å².